The minimum absolute atomic E-state index is 0.00809. The van der Waals surface area contributed by atoms with Crippen LogP contribution in [0.3, 0.4) is 0 Å². The van der Waals surface area contributed by atoms with Crippen molar-refractivity contribution in [1.82, 2.24) is 5.32 Å². The smallest absolute Gasteiger partial charge is 0.270 e. The van der Waals surface area contributed by atoms with Crippen LogP contribution in [0.2, 0.25) is 0 Å². The summed E-state index contributed by atoms with van der Waals surface area (Å²) in [7, 11) is 3.89. The van der Waals surface area contributed by atoms with Gasteiger partial charge in [0.1, 0.15) is 11.4 Å². The van der Waals surface area contributed by atoms with Crippen LogP contribution in [-0.2, 0) is 16.0 Å². The van der Waals surface area contributed by atoms with Crippen LogP contribution in [0.15, 0.2) is 60.2 Å². The highest BCUT2D eigenvalue weighted by molar-refractivity contribution is 7.80. The number of hydrogen-bond acceptors (Lipinski definition) is 4. The molecule has 1 aliphatic rings. The monoisotopic (exact) mass is 383 g/mol. The summed E-state index contributed by atoms with van der Waals surface area (Å²) in [6.45, 7) is 0. The second-order valence-corrected chi connectivity index (χ2v) is 6.62. The average Bonchev–Trinajstić information content (AvgIpc) is 2.63. The maximum absolute atomic E-state index is 14.1. The topological polar surface area (TPSA) is 52.7 Å². The van der Waals surface area contributed by atoms with Crippen molar-refractivity contribution in [3.8, 4) is 0 Å². The molecule has 1 aliphatic heterocycles. The fourth-order valence-electron chi connectivity index (χ4n) is 2.71. The number of allylic oxidation sites excluding steroid dienone is 1. The zero-order chi connectivity index (χ0) is 19.6. The van der Waals surface area contributed by atoms with E-state index in [0.717, 1.165) is 16.2 Å². The van der Waals surface area contributed by atoms with Crippen LogP contribution in [0.1, 0.15) is 5.56 Å². The molecule has 1 heterocycles. The van der Waals surface area contributed by atoms with Crippen LogP contribution in [0.4, 0.5) is 15.8 Å². The average molecular weight is 383 g/mol. The number of nitrogens with zero attached hydrogens (tertiary/aromatic N) is 2. The summed E-state index contributed by atoms with van der Waals surface area (Å²) < 4.78 is 14.1. The van der Waals surface area contributed by atoms with E-state index in [1.165, 1.54) is 24.3 Å². The third kappa shape index (κ3) is 3.88. The molecule has 3 rings (SSSR count). The van der Waals surface area contributed by atoms with Crippen LogP contribution in [0.25, 0.3) is 0 Å². The lowest BCUT2D eigenvalue weighted by atomic mass is 10.1. The van der Waals surface area contributed by atoms with Crippen molar-refractivity contribution in [3.63, 3.8) is 0 Å². The summed E-state index contributed by atoms with van der Waals surface area (Å²) >= 11 is 5.07. The van der Waals surface area contributed by atoms with Gasteiger partial charge in [-0.2, -0.15) is 0 Å². The number of carbonyl (C=O) groups is 2. The predicted molar refractivity (Wildman–Crippen MR) is 107 cm³/mol. The van der Waals surface area contributed by atoms with Crippen molar-refractivity contribution >= 4 is 40.5 Å². The Bertz CT molecular complexity index is 938. The minimum Gasteiger partial charge on any atom is -0.378 e. The van der Waals surface area contributed by atoms with Crippen molar-refractivity contribution in [2.45, 2.75) is 6.42 Å². The Labute approximate surface area is 162 Å². The first-order valence-corrected chi connectivity index (χ1v) is 8.70. The molecule has 0 radical (unpaired) electrons. The number of amides is 2. The molecule has 0 atom stereocenters. The van der Waals surface area contributed by atoms with Crippen molar-refractivity contribution < 1.29 is 14.0 Å². The largest absolute Gasteiger partial charge is 0.378 e. The molecule has 0 aromatic heterocycles. The fraction of sp³-hybridized carbons (Fsp3) is 0.150. The van der Waals surface area contributed by atoms with E-state index in [1.807, 2.05) is 43.3 Å². The summed E-state index contributed by atoms with van der Waals surface area (Å²) in [6.07, 6.45) is 1.93. The molecule has 1 saturated heterocycles. The summed E-state index contributed by atoms with van der Waals surface area (Å²) in [5, 5.41) is 2.32. The van der Waals surface area contributed by atoms with E-state index < -0.39 is 17.6 Å². The molecule has 5 nitrogen and oxygen atoms in total. The molecule has 0 bridgehead atoms. The van der Waals surface area contributed by atoms with Crippen LogP contribution in [0, 0.1) is 5.82 Å². The van der Waals surface area contributed by atoms with Gasteiger partial charge in [0.15, 0.2) is 5.11 Å². The Balaban J connectivity index is 1.86. The Morgan fingerprint density at radius 3 is 2.41 bits per heavy atom. The zero-order valence-electron chi connectivity index (χ0n) is 14.9. The van der Waals surface area contributed by atoms with Crippen LogP contribution < -0.4 is 15.1 Å². The molecule has 2 aromatic rings. The summed E-state index contributed by atoms with van der Waals surface area (Å²) in [6, 6.07) is 13.6. The quantitative estimate of drug-likeness (QED) is 0.501. The molecule has 0 aliphatic carbocycles. The first-order valence-electron chi connectivity index (χ1n) is 8.29. The van der Waals surface area contributed by atoms with E-state index in [0.29, 0.717) is 6.42 Å². The molecule has 0 unspecified atom stereocenters. The normalized spacial score (nSPS) is 15.9. The van der Waals surface area contributed by atoms with Crippen molar-refractivity contribution in [1.29, 1.82) is 0 Å². The van der Waals surface area contributed by atoms with Gasteiger partial charge in [0, 0.05) is 19.8 Å². The van der Waals surface area contributed by atoms with Gasteiger partial charge in [-0.15, -0.1) is 0 Å². The van der Waals surface area contributed by atoms with Gasteiger partial charge in [0.05, 0.1) is 5.69 Å². The van der Waals surface area contributed by atoms with E-state index in [2.05, 4.69) is 5.32 Å². The molecule has 27 heavy (non-hydrogen) atoms. The number of para-hydroxylation sites is 1. The van der Waals surface area contributed by atoms with Gasteiger partial charge in [0.2, 0.25) is 0 Å². The lowest BCUT2D eigenvalue weighted by Gasteiger charge is -2.29. The number of carbonyl (C=O) groups excluding carboxylic acids is 2. The Morgan fingerprint density at radius 2 is 1.78 bits per heavy atom. The molecule has 7 heteroatoms. The highest BCUT2D eigenvalue weighted by Crippen LogP contribution is 2.24. The molecule has 1 fully saturated rings. The van der Waals surface area contributed by atoms with Crippen LogP contribution in [-0.4, -0.2) is 31.0 Å². The first-order chi connectivity index (χ1) is 12.9. The highest BCUT2D eigenvalue weighted by atomic mass is 32.1. The number of benzene rings is 2. The number of nitrogens with one attached hydrogen (secondary N) is 1. The van der Waals surface area contributed by atoms with Gasteiger partial charge >= 0.3 is 0 Å². The second kappa shape index (κ2) is 7.67. The lowest BCUT2D eigenvalue weighted by Crippen LogP contribution is -2.54. The highest BCUT2D eigenvalue weighted by Gasteiger charge is 2.35. The van der Waals surface area contributed by atoms with E-state index in [4.69, 9.17) is 12.2 Å². The van der Waals surface area contributed by atoms with Crippen molar-refractivity contribution in [2.24, 2.45) is 0 Å². The van der Waals surface area contributed by atoms with Gasteiger partial charge < -0.3 is 4.90 Å². The zero-order valence-corrected chi connectivity index (χ0v) is 15.7. The van der Waals surface area contributed by atoms with E-state index in [-0.39, 0.29) is 16.4 Å². The summed E-state index contributed by atoms with van der Waals surface area (Å²) in [4.78, 5) is 28.0. The molecular weight excluding hydrogens is 365 g/mol. The molecule has 2 aromatic carbocycles. The van der Waals surface area contributed by atoms with Crippen molar-refractivity contribution in [2.75, 3.05) is 23.9 Å². The van der Waals surface area contributed by atoms with Gasteiger partial charge in [-0.3, -0.25) is 14.9 Å². The number of anilines is 2. The molecule has 0 spiro atoms. The molecule has 138 valence electrons. The van der Waals surface area contributed by atoms with Crippen molar-refractivity contribution in [3.05, 3.63) is 71.6 Å². The first kappa shape index (κ1) is 18.7. The molecule has 0 saturated carbocycles. The van der Waals surface area contributed by atoms with E-state index in [1.54, 1.807) is 6.07 Å². The second-order valence-electron chi connectivity index (χ2n) is 6.23. The molecule has 1 N–H and O–H groups in total. The number of rotatable bonds is 4. The predicted octanol–water partition coefficient (Wildman–Crippen LogP) is 2.81. The van der Waals surface area contributed by atoms with E-state index in [9.17, 15) is 14.0 Å². The van der Waals surface area contributed by atoms with Gasteiger partial charge in [-0.1, -0.05) is 30.3 Å². The number of halogens is 1. The van der Waals surface area contributed by atoms with Crippen LogP contribution in [0.5, 0.6) is 0 Å². The number of thiocarbonyl (C=S) groups is 1. The number of hydrogen-bond donors (Lipinski definition) is 1. The van der Waals surface area contributed by atoms with Gasteiger partial charge in [-0.25, -0.2) is 9.29 Å². The third-order valence-corrected chi connectivity index (χ3v) is 4.47. The standard InChI is InChI=1S/C20H18FN3O2S/c1-23(2)14-10-7-13(8-11-14)9-12-15-18(25)22-20(27)24(19(15)26)17-6-4-3-5-16(17)21/h3-8,10-12H,9H2,1-2H3,(H,22,25,27). The van der Waals surface area contributed by atoms with Gasteiger partial charge in [0.25, 0.3) is 11.8 Å². The molecular formula is C20H18FN3O2S. The Morgan fingerprint density at radius 1 is 1.11 bits per heavy atom. The summed E-state index contributed by atoms with van der Waals surface area (Å²) in [5.74, 6) is -1.82. The summed E-state index contributed by atoms with van der Waals surface area (Å²) in [5.41, 5.74) is 1.94. The maximum atomic E-state index is 14.1. The maximum Gasteiger partial charge on any atom is 0.270 e. The van der Waals surface area contributed by atoms with Gasteiger partial charge in [-0.05, 0) is 48.5 Å². The SMILES string of the molecule is CN(C)c1ccc(CC=C2C(=O)NC(=S)N(c3ccccc3F)C2=O)cc1. The van der Waals surface area contributed by atoms with Crippen LogP contribution >= 0.6 is 12.2 Å². The van der Waals surface area contributed by atoms with E-state index >= 15 is 0 Å². The molecule has 2 amide bonds. The third-order valence-electron chi connectivity index (χ3n) is 4.19. The fourth-order valence-corrected chi connectivity index (χ4v) is 2.99. The minimum atomic E-state index is -0.640. The Kier molecular flexibility index (Phi) is 5.32. The lowest BCUT2D eigenvalue weighted by molar-refractivity contribution is -0.122. The Hall–Kier alpha value is -3.06.